The fraction of sp³-hybridized carbons (Fsp3) is 0.429. The molecule has 18 heavy (non-hydrogen) atoms. The van der Waals surface area contributed by atoms with Crippen LogP contribution in [0.4, 0.5) is 0 Å². The van der Waals surface area contributed by atoms with Gasteiger partial charge in [0.05, 0.1) is 26.4 Å². The topological polar surface area (TPSA) is 53.7 Å². The quantitative estimate of drug-likeness (QED) is 0.617. The van der Waals surface area contributed by atoms with E-state index in [1.54, 1.807) is 0 Å². The molecule has 2 N–H and O–H groups in total. The fourth-order valence-corrected chi connectivity index (χ4v) is 1.47. The van der Waals surface area contributed by atoms with Crippen molar-refractivity contribution in [3.05, 3.63) is 29.8 Å². The van der Waals surface area contributed by atoms with E-state index in [2.05, 4.69) is 11.8 Å². The van der Waals surface area contributed by atoms with Gasteiger partial charge in [-0.2, -0.15) is 0 Å². The molecule has 1 aliphatic heterocycles. The minimum absolute atomic E-state index is 0.252. The van der Waals surface area contributed by atoms with Crippen LogP contribution in [-0.2, 0) is 9.47 Å². The number of rotatable bonds is 5. The minimum atomic E-state index is 0.252. The maximum Gasteiger partial charge on any atom is 0.119 e. The van der Waals surface area contributed by atoms with Crippen LogP contribution in [0.25, 0.3) is 0 Å². The zero-order chi connectivity index (χ0) is 12.6. The van der Waals surface area contributed by atoms with Gasteiger partial charge in [-0.25, -0.2) is 0 Å². The molecule has 0 aliphatic carbocycles. The summed E-state index contributed by atoms with van der Waals surface area (Å²) < 4.78 is 16.0. The summed E-state index contributed by atoms with van der Waals surface area (Å²) in [6, 6.07) is 7.62. The van der Waals surface area contributed by atoms with Gasteiger partial charge >= 0.3 is 0 Å². The molecule has 0 amide bonds. The summed E-state index contributed by atoms with van der Waals surface area (Å²) in [4.78, 5) is 0. The Morgan fingerprint density at radius 2 is 2.00 bits per heavy atom. The van der Waals surface area contributed by atoms with E-state index in [1.165, 1.54) is 0 Å². The molecule has 1 aliphatic rings. The third-order valence-electron chi connectivity index (χ3n) is 2.50. The molecule has 1 aromatic carbocycles. The van der Waals surface area contributed by atoms with Gasteiger partial charge in [0.25, 0.3) is 0 Å². The van der Waals surface area contributed by atoms with E-state index in [0.717, 1.165) is 11.3 Å². The normalized spacial score (nSPS) is 14.5. The predicted molar refractivity (Wildman–Crippen MR) is 68.4 cm³/mol. The Balaban J connectivity index is 1.68. The van der Waals surface area contributed by atoms with E-state index < -0.39 is 0 Å². The summed E-state index contributed by atoms with van der Waals surface area (Å²) in [6.45, 7) is 2.91. The Bertz CT molecular complexity index is 415. The molecule has 1 heterocycles. The highest BCUT2D eigenvalue weighted by atomic mass is 16.6. The molecule has 0 unspecified atom stereocenters. The zero-order valence-electron chi connectivity index (χ0n) is 10.2. The Morgan fingerprint density at radius 3 is 2.61 bits per heavy atom. The average molecular weight is 247 g/mol. The SMILES string of the molecule is NCC#Cc1ccc(OCCOC2COC2)cc1. The van der Waals surface area contributed by atoms with Gasteiger partial charge in [0, 0.05) is 5.56 Å². The lowest BCUT2D eigenvalue weighted by Crippen LogP contribution is -2.37. The van der Waals surface area contributed by atoms with Crippen molar-refractivity contribution < 1.29 is 14.2 Å². The molecular formula is C14H17NO3. The highest BCUT2D eigenvalue weighted by molar-refractivity contribution is 5.38. The fourth-order valence-electron chi connectivity index (χ4n) is 1.47. The van der Waals surface area contributed by atoms with Gasteiger partial charge in [-0.1, -0.05) is 11.8 Å². The number of ether oxygens (including phenoxy) is 3. The second-order valence-electron chi connectivity index (χ2n) is 3.91. The first-order valence-corrected chi connectivity index (χ1v) is 5.99. The van der Waals surface area contributed by atoms with Crippen LogP contribution in [0.2, 0.25) is 0 Å². The van der Waals surface area contributed by atoms with Crippen LogP contribution in [0.15, 0.2) is 24.3 Å². The van der Waals surface area contributed by atoms with Crippen molar-refractivity contribution in [2.75, 3.05) is 33.0 Å². The van der Waals surface area contributed by atoms with Gasteiger partial charge in [0.1, 0.15) is 18.5 Å². The molecule has 4 nitrogen and oxygen atoms in total. The van der Waals surface area contributed by atoms with E-state index in [-0.39, 0.29) is 6.10 Å². The summed E-state index contributed by atoms with van der Waals surface area (Å²) in [5.41, 5.74) is 6.25. The maximum atomic E-state index is 5.55. The van der Waals surface area contributed by atoms with E-state index in [9.17, 15) is 0 Å². The number of nitrogens with two attached hydrogens (primary N) is 1. The molecule has 1 aromatic rings. The molecule has 0 bridgehead atoms. The highest BCUT2D eigenvalue weighted by Gasteiger charge is 2.18. The number of hydrogen-bond acceptors (Lipinski definition) is 4. The van der Waals surface area contributed by atoms with Crippen molar-refractivity contribution in [3.63, 3.8) is 0 Å². The Labute approximate surface area is 107 Å². The molecule has 2 rings (SSSR count). The molecule has 1 saturated heterocycles. The average Bonchev–Trinajstić information content (AvgIpc) is 2.35. The first-order valence-electron chi connectivity index (χ1n) is 5.99. The van der Waals surface area contributed by atoms with E-state index >= 15 is 0 Å². The van der Waals surface area contributed by atoms with Crippen LogP contribution >= 0.6 is 0 Å². The highest BCUT2D eigenvalue weighted by Crippen LogP contribution is 2.11. The van der Waals surface area contributed by atoms with Crippen LogP contribution in [0.1, 0.15) is 5.56 Å². The van der Waals surface area contributed by atoms with Crippen molar-refractivity contribution in [1.29, 1.82) is 0 Å². The van der Waals surface area contributed by atoms with E-state index in [1.807, 2.05) is 24.3 Å². The molecule has 0 atom stereocenters. The largest absolute Gasteiger partial charge is 0.491 e. The van der Waals surface area contributed by atoms with Crippen LogP contribution < -0.4 is 10.5 Å². The van der Waals surface area contributed by atoms with E-state index in [0.29, 0.717) is 33.0 Å². The molecule has 0 aromatic heterocycles. The Morgan fingerprint density at radius 1 is 1.22 bits per heavy atom. The molecule has 0 spiro atoms. The smallest absolute Gasteiger partial charge is 0.119 e. The summed E-state index contributed by atoms with van der Waals surface area (Å²) in [5.74, 6) is 6.59. The maximum absolute atomic E-state index is 5.55. The van der Waals surface area contributed by atoms with Crippen LogP contribution in [0, 0.1) is 11.8 Å². The van der Waals surface area contributed by atoms with Crippen LogP contribution in [0.5, 0.6) is 5.75 Å². The molecule has 0 radical (unpaired) electrons. The lowest BCUT2D eigenvalue weighted by molar-refractivity contribution is -0.132. The summed E-state index contributed by atoms with van der Waals surface area (Å²) in [7, 11) is 0. The van der Waals surface area contributed by atoms with Crippen LogP contribution in [-0.4, -0.2) is 39.1 Å². The molecule has 0 saturated carbocycles. The predicted octanol–water partition coefficient (Wildman–Crippen LogP) is 0.791. The molecule has 4 heteroatoms. The van der Waals surface area contributed by atoms with Gasteiger partial charge in [0.2, 0.25) is 0 Å². The summed E-state index contributed by atoms with van der Waals surface area (Å²) in [6.07, 6.45) is 0.252. The third-order valence-corrected chi connectivity index (χ3v) is 2.50. The van der Waals surface area contributed by atoms with Crippen LogP contribution in [0.3, 0.4) is 0 Å². The van der Waals surface area contributed by atoms with Gasteiger partial charge in [-0.15, -0.1) is 0 Å². The Kier molecular flexibility index (Phi) is 5.03. The molecular weight excluding hydrogens is 230 g/mol. The Hall–Kier alpha value is -1.54. The number of hydrogen-bond donors (Lipinski definition) is 1. The lowest BCUT2D eigenvalue weighted by Gasteiger charge is -2.25. The van der Waals surface area contributed by atoms with Crippen molar-refractivity contribution in [3.8, 4) is 17.6 Å². The molecule has 96 valence electrons. The number of benzene rings is 1. The van der Waals surface area contributed by atoms with Gasteiger partial charge in [0.15, 0.2) is 0 Å². The summed E-state index contributed by atoms with van der Waals surface area (Å²) in [5, 5.41) is 0. The van der Waals surface area contributed by atoms with Crippen molar-refractivity contribution in [2.45, 2.75) is 6.10 Å². The molecule has 1 fully saturated rings. The van der Waals surface area contributed by atoms with Crippen molar-refractivity contribution >= 4 is 0 Å². The lowest BCUT2D eigenvalue weighted by atomic mass is 10.2. The first-order chi connectivity index (χ1) is 8.88. The third kappa shape index (κ3) is 4.04. The summed E-state index contributed by atoms with van der Waals surface area (Å²) >= 11 is 0. The zero-order valence-corrected chi connectivity index (χ0v) is 10.2. The van der Waals surface area contributed by atoms with Gasteiger partial charge in [-0.3, -0.25) is 0 Å². The standard InChI is InChI=1S/C14H17NO3/c15-7-1-2-12-3-5-13(6-4-12)17-8-9-18-14-10-16-11-14/h3-6,14H,7-11,15H2. The van der Waals surface area contributed by atoms with Gasteiger partial charge in [-0.05, 0) is 24.3 Å². The first kappa shape index (κ1) is 12.9. The monoisotopic (exact) mass is 247 g/mol. The second-order valence-corrected chi connectivity index (χ2v) is 3.91. The van der Waals surface area contributed by atoms with E-state index in [4.69, 9.17) is 19.9 Å². The second kappa shape index (κ2) is 7.02. The van der Waals surface area contributed by atoms with Crippen molar-refractivity contribution in [2.24, 2.45) is 5.73 Å². The van der Waals surface area contributed by atoms with Gasteiger partial charge < -0.3 is 19.9 Å². The van der Waals surface area contributed by atoms with Crippen molar-refractivity contribution in [1.82, 2.24) is 0 Å². The minimum Gasteiger partial charge on any atom is -0.491 e.